The summed E-state index contributed by atoms with van der Waals surface area (Å²) in [5.74, 6) is -0.692. The molecular weight excluding hydrogens is 254 g/mol. The molecule has 0 radical (unpaired) electrons. The van der Waals surface area contributed by atoms with Crippen LogP contribution in [-0.4, -0.2) is 23.6 Å². The van der Waals surface area contributed by atoms with Crippen LogP contribution in [0.3, 0.4) is 0 Å². The zero-order valence-electron chi connectivity index (χ0n) is 9.83. The Hall–Kier alpha value is -1.54. The molecule has 0 aromatic rings. The van der Waals surface area contributed by atoms with Crippen molar-refractivity contribution in [3.05, 3.63) is 11.4 Å². The molecule has 1 heterocycles. The van der Waals surface area contributed by atoms with E-state index < -0.39 is 5.78 Å². The SMILES string of the molecule is N#C/C(C(=O)CCl)=C1/NC(=O)C2CCCCC2N1. The van der Waals surface area contributed by atoms with Gasteiger partial charge in [0.15, 0.2) is 5.78 Å². The highest BCUT2D eigenvalue weighted by Gasteiger charge is 2.36. The predicted octanol–water partition coefficient (Wildman–Crippen LogP) is 0.808. The third-order valence-electron chi connectivity index (χ3n) is 3.44. The van der Waals surface area contributed by atoms with Crippen molar-refractivity contribution in [2.24, 2.45) is 5.92 Å². The van der Waals surface area contributed by atoms with Gasteiger partial charge in [0.25, 0.3) is 0 Å². The molecule has 1 saturated heterocycles. The Morgan fingerprint density at radius 1 is 1.44 bits per heavy atom. The van der Waals surface area contributed by atoms with Crippen molar-refractivity contribution in [2.75, 3.05) is 5.88 Å². The van der Waals surface area contributed by atoms with Gasteiger partial charge in [0.2, 0.25) is 5.91 Å². The number of halogens is 1. The molecule has 1 aliphatic carbocycles. The van der Waals surface area contributed by atoms with Gasteiger partial charge in [-0.3, -0.25) is 9.59 Å². The van der Waals surface area contributed by atoms with Gasteiger partial charge >= 0.3 is 0 Å². The van der Waals surface area contributed by atoms with Crippen LogP contribution in [0.15, 0.2) is 11.4 Å². The number of carbonyl (C=O) groups is 2. The first kappa shape index (κ1) is 12.9. The fourth-order valence-electron chi connectivity index (χ4n) is 2.51. The van der Waals surface area contributed by atoms with Crippen LogP contribution in [0.5, 0.6) is 0 Å². The van der Waals surface area contributed by atoms with Gasteiger partial charge in [-0.2, -0.15) is 5.26 Å². The number of hydrogen-bond donors (Lipinski definition) is 2. The summed E-state index contributed by atoms with van der Waals surface area (Å²) in [7, 11) is 0. The lowest BCUT2D eigenvalue weighted by atomic mass is 9.82. The average molecular weight is 268 g/mol. The standard InChI is InChI=1S/C12H14ClN3O2/c13-5-10(17)8(6-14)11-15-9-4-2-1-3-7(9)12(18)16-11/h7,9,15H,1-5H2,(H,16,18)/b11-8-. The summed E-state index contributed by atoms with van der Waals surface area (Å²) in [5.41, 5.74) is -0.0950. The molecule has 2 fully saturated rings. The van der Waals surface area contributed by atoms with Crippen molar-refractivity contribution in [2.45, 2.75) is 31.7 Å². The van der Waals surface area contributed by atoms with Crippen molar-refractivity contribution in [3.63, 3.8) is 0 Å². The highest BCUT2D eigenvalue weighted by Crippen LogP contribution is 2.28. The highest BCUT2D eigenvalue weighted by molar-refractivity contribution is 6.31. The Morgan fingerprint density at radius 2 is 2.17 bits per heavy atom. The van der Waals surface area contributed by atoms with Crippen molar-refractivity contribution in [1.29, 1.82) is 5.26 Å². The van der Waals surface area contributed by atoms with E-state index in [-0.39, 0.29) is 35.1 Å². The average Bonchev–Trinajstić information content (AvgIpc) is 2.39. The normalized spacial score (nSPS) is 29.4. The fraction of sp³-hybridized carbons (Fsp3) is 0.583. The Bertz CT molecular complexity index is 453. The lowest BCUT2D eigenvalue weighted by Gasteiger charge is -2.37. The molecule has 0 aromatic carbocycles. The highest BCUT2D eigenvalue weighted by atomic mass is 35.5. The van der Waals surface area contributed by atoms with Crippen LogP contribution in [0.25, 0.3) is 0 Å². The number of hydrogen-bond acceptors (Lipinski definition) is 4. The monoisotopic (exact) mass is 267 g/mol. The maximum absolute atomic E-state index is 11.9. The van der Waals surface area contributed by atoms with Gasteiger partial charge in [0.05, 0.1) is 11.8 Å². The summed E-state index contributed by atoms with van der Waals surface area (Å²) >= 11 is 5.44. The molecule has 1 saturated carbocycles. The molecule has 18 heavy (non-hydrogen) atoms. The van der Waals surface area contributed by atoms with E-state index in [0.29, 0.717) is 0 Å². The first-order valence-corrected chi connectivity index (χ1v) is 6.51. The van der Waals surface area contributed by atoms with E-state index in [4.69, 9.17) is 16.9 Å². The topological polar surface area (TPSA) is 82.0 Å². The minimum atomic E-state index is -0.476. The zero-order valence-corrected chi connectivity index (χ0v) is 10.6. The number of amides is 1. The van der Waals surface area contributed by atoms with E-state index >= 15 is 0 Å². The number of ketones is 1. The molecule has 0 aromatic heterocycles. The maximum atomic E-state index is 11.9. The molecule has 96 valence electrons. The Kier molecular flexibility index (Phi) is 3.87. The summed E-state index contributed by atoms with van der Waals surface area (Å²) in [6, 6.07) is 1.83. The van der Waals surface area contributed by atoms with Crippen molar-refractivity contribution in [1.82, 2.24) is 10.6 Å². The largest absolute Gasteiger partial charge is 0.367 e. The summed E-state index contributed by atoms with van der Waals surface area (Å²) in [6.45, 7) is 0. The fourth-order valence-corrected chi connectivity index (χ4v) is 2.65. The maximum Gasteiger partial charge on any atom is 0.230 e. The van der Waals surface area contributed by atoms with Gasteiger partial charge < -0.3 is 10.6 Å². The molecule has 2 N–H and O–H groups in total. The Morgan fingerprint density at radius 3 is 2.83 bits per heavy atom. The van der Waals surface area contributed by atoms with Crippen LogP contribution >= 0.6 is 11.6 Å². The Balaban J connectivity index is 2.26. The lowest BCUT2D eigenvalue weighted by molar-refractivity contribution is -0.127. The lowest BCUT2D eigenvalue weighted by Crippen LogP contribution is -2.55. The molecular formula is C12H14ClN3O2. The number of fused-ring (bicyclic) bond motifs is 1. The number of nitriles is 1. The third kappa shape index (κ3) is 2.34. The molecule has 0 bridgehead atoms. The first-order valence-electron chi connectivity index (χ1n) is 5.98. The number of Topliss-reactive ketones (excluding diaryl/α,β-unsaturated/α-hetero) is 1. The smallest absolute Gasteiger partial charge is 0.230 e. The summed E-state index contributed by atoms with van der Waals surface area (Å²) in [5, 5.41) is 14.7. The van der Waals surface area contributed by atoms with Gasteiger partial charge in [-0.25, -0.2) is 0 Å². The van der Waals surface area contributed by atoms with E-state index in [2.05, 4.69) is 10.6 Å². The number of nitrogens with one attached hydrogen (secondary N) is 2. The van der Waals surface area contributed by atoms with Gasteiger partial charge in [0.1, 0.15) is 17.5 Å². The summed E-state index contributed by atoms with van der Waals surface area (Å²) in [4.78, 5) is 23.4. The number of alkyl halides is 1. The molecule has 1 amide bonds. The van der Waals surface area contributed by atoms with Gasteiger partial charge in [0, 0.05) is 6.04 Å². The molecule has 2 rings (SSSR count). The molecule has 1 aliphatic heterocycles. The van der Waals surface area contributed by atoms with Crippen molar-refractivity contribution < 1.29 is 9.59 Å². The molecule has 0 spiro atoms. The number of nitrogens with zero attached hydrogens (tertiary/aromatic N) is 1. The van der Waals surface area contributed by atoms with Crippen molar-refractivity contribution >= 4 is 23.3 Å². The van der Waals surface area contributed by atoms with E-state index in [1.54, 1.807) is 6.07 Å². The number of carbonyl (C=O) groups excluding carboxylic acids is 2. The minimum Gasteiger partial charge on any atom is -0.367 e. The van der Waals surface area contributed by atoms with Gasteiger partial charge in [-0.15, -0.1) is 11.6 Å². The van der Waals surface area contributed by atoms with Crippen LogP contribution in [0, 0.1) is 17.2 Å². The molecule has 6 heteroatoms. The second-order valence-corrected chi connectivity index (χ2v) is 4.82. The van der Waals surface area contributed by atoms with Gasteiger partial charge in [-0.05, 0) is 12.8 Å². The number of allylic oxidation sites excluding steroid dienone is 1. The quantitative estimate of drug-likeness (QED) is 0.441. The van der Waals surface area contributed by atoms with Crippen LogP contribution in [0.1, 0.15) is 25.7 Å². The summed E-state index contributed by atoms with van der Waals surface area (Å²) in [6.07, 6.45) is 3.83. The van der Waals surface area contributed by atoms with E-state index in [0.717, 1.165) is 25.7 Å². The first-order chi connectivity index (χ1) is 8.67. The second kappa shape index (κ2) is 5.40. The molecule has 5 nitrogen and oxygen atoms in total. The van der Waals surface area contributed by atoms with E-state index in [1.807, 2.05) is 0 Å². The van der Waals surface area contributed by atoms with Crippen LogP contribution in [0.2, 0.25) is 0 Å². The number of rotatable bonds is 2. The molecule has 2 aliphatic rings. The van der Waals surface area contributed by atoms with Crippen LogP contribution in [0.4, 0.5) is 0 Å². The van der Waals surface area contributed by atoms with E-state index in [1.165, 1.54) is 0 Å². The third-order valence-corrected chi connectivity index (χ3v) is 3.69. The minimum absolute atomic E-state index is 0.0222. The van der Waals surface area contributed by atoms with Gasteiger partial charge in [-0.1, -0.05) is 12.8 Å². The summed E-state index contributed by atoms with van der Waals surface area (Å²) < 4.78 is 0. The molecule has 2 atom stereocenters. The van der Waals surface area contributed by atoms with Crippen LogP contribution in [-0.2, 0) is 9.59 Å². The second-order valence-electron chi connectivity index (χ2n) is 4.55. The zero-order chi connectivity index (χ0) is 13.1. The molecule has 2 unspecified atom stereocenters. The predicted molar refractivity (Wildman–Crippen MR) is 65.4 cm³/mol. The van der Waals surface area contributed by atoms with Crippen LogP contribution < -0.4 is 10.6 Å². The van der Waals surface area contributed by atoms with Crippen molar-refractivity contribution in [3.8, 4) is 6.07 Å². The Labute approximate surface area is 110 Å². The van der Waals surface area contributed by atoms with E-state index in [9.17, 15) is 9.59 Å².